The fourth-order valence-electron chi connectivity index (χ4n) is 2.08. The largest absolute Gasteiger partial charge is 0.446 e. The lowest BCUT2D eigenvalue weighted by molar-refractivity contribution is -0.116. The van der Waals surface area contributed by atoms with Gasteiger partial charge in [-0.15, -0.1) is 0 Å². The number of likely N-dealkylation sites (N-methyl/N-ethyl adjacent to an activating group) is 1. The second-order valence-corrected chi connectivity index (χ2v) is 7.36. The molecule has 2 aromatic carbocycles. The van der Waals surface area contributed by atoms with Gasteiger partial charge in [-0.2, -0.15) is 13.2 Å². The van der Waals surface area contributed by atoms with Gasteiger partial charge >= 0.3 is 5.51 Å². The van der Waals surface area contributed by atoms with Crippen molar-refractivity contribution in [2.45, 2.75) is 10.4 Å². The van der Waals surface area contributed by atoms with Gasteiger partial charge in [0.15, 0.2) is 0 Å². The first kappa shape index (κ1) is 21.4. The fourth-order valence-corrected chi connectivity index (χ4v) is 2.92. The van der Waals surface area contributed by atoms with Gasteiger partial charge in [0.2, 0.25) is 5.91 Å². The molecule has 0 aromatic heterocycles. The number of alkyl halides is 3. The third-order valence-electron chi connectivity index (χ3n) is 3.27. The minimum atomic E-state index is -4.40. The summed E-state index contributed by atoms with van der Waals surface area (Å²) in [7, 11) is 1.41. The molecule has 0 bridgehead atoms. The van der Waals surface area contributed by atoms with Crippen molar-refractivity contribution >= 4 is 52.5 Å². The van der Waals surface area contributed by atoms with E-state index in [2.05, 4.69) is 5.32 Å². The van der Waals surface area contributed by atoms with Crippen LogP contribution < -0.4 is 5.32 Å². The third kappa shape index (κ3) is 6.64. The molecule has 0 radical (unpaired) electrons. The average Bonchev–Trinajstić information content (AvgIpc) is 2.56. The molecule has 0 spiro atoms. The molecule has 0 unspecified atom stereocenters. The van der Waals surface area contributed by atoms with Crippen molar-refractivity contribution in [3.8, 4) is 0 Å². The van der Waals surface area contributed by atoms with Crippen molar-refractivity contribution in [3.63, 3.8) is 0 Å². The van der Waals surface area contributed by atoms with Gasteiger partial charge in [0.25, 0.3) is 5.91 Å². The van der Waals surface area contributed by atoms with E-state index < -0.39 is 17.3 Å². The van der Waals surface area contributed by atoms with Crippen LogP contribution in [0.3, 0.4) is 0 Å². The molecule has 0 fully saturated rings. The summed E-state index contributed by atoms with van der Waals surface area (Å²) in [5.41, 5.74) is -3.81. The zero-order valence-corrected chi connectivity index (χ0v) is 16.1. The van der Waals surface area contributed by atoms with Crippen LogP contribution in [-0.2, 0) is 4.79 Å². The summed E-state index contributed by atoms with van der Waals surface area (Å²) in [4.78, 5) is 25.5. The van der Waals surface area contributed by atoms with Crippen LogP contribution in [0.15, 0.2) is 47.4 Å². The fraction of sp³-hybridized carbons (Fsp3) is 0.176. The van der Waals surface area contributed by atoms with Crippen LogP contribution in [0.5, 0.6) is 0 Å². The van der Waals surface area contributed by atoms with Crippen molar-refractivity contribution in [3.05, 3.63) is 58.1 Å². The highest BCUT2D eigenvalue weighted by molar-refractivity contribution is 8.00. The van der Waals surface area contributed by atoms with Crippen LogP contribution in [0.25, 0.3) is 0 Å². The number of nitrogens with one attached hydrogen (secondary N) is 1. The monoisotopic (exact) mass is 436 g/mol. The lowest BCUT2D eigenvalue weighted by atomic mass is 10.2. The summed E-state index contributed by atoms with van der Waals surface area (Å²) in [6.45, 7) is -0.252. The van der Waals surface area contributed by atoms with E-state index in [1.807, 2.05) is 0 Å². The molecule has 0 aliphatic rings. The molecule has 0 heterocycles. The van der Waals surface area contributed by atoms with E-state index in [0.29, 0.717) is 10.7 Å². The maximum absolute atomic E-state index is 12.3. The third-order valence-corrected chi connectivity index (χ3v) is 4.74. The molecule has 27 heavy (non-hydrogen) atoms. The highest BCUT2D eigenvalue weighted by atomic mass is 35.5. The average molecular weight is 437 g/mol. The molecule has 2 aromatic rings. The minimum absolute atomic E-state index is 0.0286. The molecule has 0 saturated heterocycles. The number of carbonyl (C=O) groups is 2. The van der Waals surface area contributed by atoms with E-state index in [9.17, 15) is 22.8 Å². The SMILES string of the molecule is CN(CC(=O)Nc1ccc(Cl)c(Cl)c1)C(=O)c1ccc(SC(F)(F)F)cc1. The number of benzene rings is 2. The zero-order chi connectivity index (χ0) is 20.2. The van der Waals surface area contributed by atoms with E-state index in [0.717, 1.165) is 4.90 Å². The maximum Gasteiger partial charge on any atom is 0.446 e. The van der Waals surface area contributed by atoms with Gasteiger partial charge in [-0.25, -0.2) is 0 Å². The number of halogens is 5. The number of thioether (sulfide) groups is 1. The minimum Gasteiger partial charge on any atom is -0.332 e. The molecule has 144 valence electrons. The zero-order valence-electron chi connectivity index (χ0n) is 13.8. The first-order chi connectivity index (χ1) is 12.5. The lowest BCUT2D eigenvalue weighted by Gasteiger charge is -2.17. The first-order valence-electron chi connectivity index (χ1n) is 7.41. The van der Waals surface area contributed by atoms with Gasteiger partial charge in [-0.1, -0.05) is 23.2 Å². The molecule has 4 nitrogen and oxygen atoms in total. The number of nitrogens with zero attached hydrogens (tertiary/aromatic N) is 1. The predicted molar refractivity (Wildman–Crippen MR) is 100 cm³/mol. The predicted octanol–water partition coefficient (Wildman–Crippen LogP) is 5.32. The number of anilines is 1. The van der Waals surface area contributed by atoms with E-state index in [1.165, 1.54) is 43.4 Å². The van der Waals surface area contributed by atoms with Crippen LogP contribution in [0.4, 0.5) is 18.9 Å². The molecule has 2 amide bonds. The summed E-state index contributed by atoms with van der Waals surface area (Å²) in [5.74, 6) is -0.962. The summed E-state index contributed by atoms with van der Waals surface area (Å²) >= 11 is 11.4. The number of hydrogen-bond acceptors (Lipinski definition) is 3. The van der Waals surface area contributed by atoms with Crippen LogP contribution in [-0.4, -0.2) is 35.8 Å². The Kier molecular flexibility index (Phi) is 7.02. The molecule has 0 aliphatic heterocycles. The first-order valence-corrected chi connectivity index (χ1v) is 8.98. The Morgan fingerprint density at radius 1 is 1.07 bits per heavy atom. The Labute approximate surface area is 167 Å². The Morgan fingerprint density at radius 2 is 1.70 bits per heavy atom. The Hall–Kier alpha value is -1.90. The summed E-state index contributed by atoms with van der Waals surface area (Å²) in [6.07, 6.45) is 0. The molecular weight excluding hydrogens is 424 g/mol. The number of carbonyl (C=O) groups excluding carboxylic acids is 2. The Balaban J connectivity index is 1.96. The van der Waals surface area contributed by atoms with Crippen molar-refractivity contribution in [2.24, 2.45) is 0 Å². The van der Waals surface area contributed by atoms with Crippen LogP contribution in [0, 0.1) is 0 Å². The van der Waals surface area contributed by atoms with E-state index in [-0.39, 0.29) is 33.8 Å². The van der Waals surface area contributed by atoms with Crippen LogP contribution in [0.2, 0.25) is 10.0 Å². The standard InChI is InChI=1S/C17H13Cl2F3N2O2S/c1-24(9-15(25)23-11-4-7-13(18)14(19)8-11)16(26)10-2-5-12(6-3-10)27-17(20,21)22/h2-8H,9H2,1H3,(H,23,25). The van der Waals surface area contributed by atoms with Gasteiger partial charge in [-0.3, -0.25) is 9.59 Å². The Morgan fingerprint density at radius 3 is 2.26 bits per heavy atom. The van der Waals surface area contributed by atoms with Gasteiger partial charge in [-0.05, 0) is 54.2 Å². The summed E-state index contributed by atoms with van der Waals surface area (Å²) in [5, 5.41) is 3.19. The van der Waals surface area contributed by atoms with E-state index in [4.69, 9.17) is 23.2 Å². The van der Waals surface area contributed by atoms with Crippen molar-refractivity contribution in [1.29, 1.82) is 0 Å². The molecule has 0 aliphatic carbocycles. The van der Waals surface area contributed by atoms with E-state index in [1.54, 1.807) is 6.07 Å². The number of rotatable bonds is 5. The van der Waals surface area contributed by atoms with Gasteiger partial charge in [0, 0.05) is 23.2 Å². The maximum atomic E-state index is 12.3. The molecular formula is C17H13Cl2F3N2O2S. The van der Waals surface area contributed by atoms with Crippen molar-refractivity contribution < 1.29 is 22.8 Å². The van der Waals surface area contributed by atoms with Crippen molar-refractivity contribution in [2.75, 3.05) is 18.9 Å². The smallest absolute Gasteiger partial charge is 0.332 e. The Bertz CT molecular complexity index is 845. The molecule has 2 rings (SSSR count). The van der Waals surface area contributed by atoms with Crippen molar-refractivity contribution in [1.82, 2.24) is 4.90 Å². The quantitative estimate of drug-likeness (QED) is 0.645. The topological polar surface area (TPSA) is 49.4 Å². The number of hydrogen-bond donors (Lipinski definition) is 1. The molecule has 0 atom stereocenters. The molecule has 0 saturated carbocycles. The molecule has 10 heteroatoms. The van der Waals surface area contributed by atoms with Gasteiger partial charge in [0.05, 0.1) is 16.6 Å². The number of amides is 2. The summed E-state index contributed by atoms with van der Waals surface area (Å²) < 4.78 is 37.0. The lowest BCUT2D eigenvalue weighted by Crippen LogP contribution is -2.34. The second-order valence-electron chi connectivity index (χ2n) is 5.41. The van der Waals surface area contributed by atoms with Gasteiger partial charge < -0.3 is 10.2 Å². The highest BCUT2D eigenvalue weighted by Gasteiger charge is 2.29. The van der Waals surface area contributed by atoms with Gasteiger partial charge in [0.1, 0.15) is 0 Å². The van der Waals surface area contributed by atoms with Crippen LogP contribution >= 0.6 is 35.0 Å². The van der Waals surface area contributed by atoms with E-state index >= 15 is 0 Å². The summed E-state index contributed by atoms with van der Waals surface area (Å²) in [6, 6.07) is 9.53. The highest BCUT2D eigenvalue weighted by Crippen LogP contribution is 2.36. The molecule has 1 N–H and O–H groups in total. The van der Waals surface area contributed by atoms with Crippen LogP contribution in [0.1, 0.15) is 10.4 Å². The second kappa shape index (κ2) is 8.86. The normalized spacial score (nSPS) is 11.2.